The number of aliphatic hydroxyl groups excluding tert-OH is 1. The SMILES string of the molecule is Cl.N[C@@H](c1cc(F)c(F)c(F)c1)[C@H](O)C(F)(F)F. The van der Waals surface area contributed by atoms with Gasteiger partial charge in [-0.15, -0.1) is 12.4 Å². The van der Waals surface area contributed by atoms with Gasteiger partial charge in [0.1, 0.15) is 0 Å². The van der Waals surface area contributed by atoms with Crippen LogP contribution in [0.25, 0.3) is 0 Å². The van der Waals surface area contributed by atoms with Crippen LogP contribution in [-0.4, -0.2) is 17.4 Å². The van der Waals surface area contributed by atoms with Gasteiger partial charge < -0.3 is 10.8 Å². The molecule has 0 unspecified atom stereocenters. The van der Waals surface area contributed by atoms with Crippen LogP contribution in [0.3, 0.4) is 0 Å². The fourth-order valence-corrected chi connectivity index (χ4v) is 1.15. The lowest BCUT2D eigenvalue weighted by molar-refractivity contribution is -0.210. The summed E-state index contributed by atoms with van der Waals surface area (Å²) in [5.41, 5.74) is 4.30. The Kier molecular flexibility index (Phi) is 5.45. The highest BCUT2D eigenvalue weighted by atomic mass is 35.5. The van der Waals surface area contributed by atoms with Crippen LogP contribution in [0, 0.1) is 17.5 Å². The lowest BCUT2D eigenvalue weighted by Gasteiger charge is -2.21. The van der Waals surface area contributed by atoms with Crippen molar-refractivity contribution in [3.8, 4) is 0 Å². The molecule has 0 saturated carbocycles. The number of nitrogens with two attached hydrogens (primary N) is 1. The maximum atomic E-state index is 12.7. The third-order valence-corrected chi connectivity index (χ3v) is 2.07. The summed E-state index contributed by atoms with van der Waals surface area (Å²) in [4.78, 5) is 0. The highest BCUT2D eigenvalue weighted by Gasteiger charge is 2.43. The average Bonchev–Trinajstić information content (AvgIpc) is 2.21. The minimum atomic E-state index is -5.04. The van der Waals surface area contributed by atoms with Crippen molar-refractivity contribution in [3.63, 3.8) is 0 Å². The number of alkyl halides is 3. The number of aliphatic hydroxyl groups is 1. The predicted molar refractivity (Wildman–Crippen MR) is 52.6 cm³/mol. The molecule has 0 bridgehead atoms. The van der Waals surface area contributed by atoms with Crippen molar-refractivity contribution in [2.24, 2.45) is 5.73 Å². The third kappa shape index (κ3) is 3.50. The second kappa shape index (κ2) is 5.77. The lowest BCUT2D eigenvalue weighted by Crippen LogP contribution is -2.39. The fourth-order valence-electron chi connectivity index (χ4n) is 1.15. The summed E-state index contributed by atoms with van der Waals surface area (Å²) in [7, 11) is 0. The first-order valence-corrected chi connectivity index (χ1v) is 4.29. The topological polar surface area (TPSA) is 46.2 Å². The molecule has 18 heavy (non-hydrogen) atoms. The van der Waals surface area contributed by atoms with Crippen molar-refractivity contribution in [2.45, 2.75) is 18.3 Å². The van der Waals surface area contributed by atoms with E-state index in [-0.39, 0.29) is 12.4 Å². The Balaban J connectivity index is 0.00000289. The van der Waals surface area contributed by atoms with E-state index in [9.17, 15) is 26.3 Å². The molecule has 104 valence electrons. The van der Waals surface area contributed by atoms with Crippen molar-refractivity contribution in [3.05, 3.63) is 35.1 Å². The predicted octanol–water partition coefficient (Wildman–Crippen LogP) is 2.45. The largest absolute Gasteiger partial charge is 0.416 e. The van der Waals surface area contributed by atoms with Gasteiger partial charge in [-0.2, -0.15) is 13.2 Å². The highest BCUT2D eigenvalue weighted by Crippen LogP contribution is 2.29. The van der Waals surface area contributed by atoms with E-state index in [4.69, 9.17) is 10.8 Å². The van der Waals surface area contributed by atoms with Gasteiger partial charge in [0.15, 0.2) is 23.6 Å². The van der Waals surface area contributed by atoms with E-state index >= 15 is 0 Å². The average molecular weight is 296 g/mol. The van der Waals surface area contributed by atoms with E-state index in [1.807, 2.05) is 0 Å². The van der Waals surface area contributed by atoms with Crippen LogP contribution in [0.2, 0.25) is 0 Å². The second-order valence-electron chi connectivity index (χ2n) is 3.31. The van der Waals surface area contributed by atoms with Gasteiger partial charge in [-0.25, -0.2) is 13.2 Å². The molecular weight excluding hydrogens is 288 g/mol. The molecule has 0 spiro atoms. The maximum Gasteiger partial charge on any atom is 0.416 e. The molecule has 1 rings (SSSR count). The molecule has 0 aliphatic carbocycles. The van der Waals surface area contributed by atoms with E-state index in [1.54, 1.807) is 0 Å². The Morgan fingerprint density at radius 3 is 1.78 bits per heavy atom. The first kappa shape index (κ1) is 17.0. The van der Waals surface area contributed by atoms with E-state index in [0.29, 0.717) is 12.1 Å². The minimum Gasteiger partial charge on any atom is -0.382 e. The second-order valence-corrected chi connectivity index (χ2v) is 3.31. The van der Waals surface area contributed by atoms with Crippen molar-refractivity contribution in [1.82, 2.24) is 0 Å². The Hall–Kier alpha value is -0.990. The van der Waals surface area contributed by atoms with Crippen molar-refractivity contribution < 1.29 is 31.4 Å². The molecule has 3 N–H and O–H groups in total. The molecule has 2 atom stereocenters. The van der Waals surface area contributed by atoms with Gasteiger partial charge in [0.2, 0.25) is 0 Å². The zero-order valence-corrected chi connectivity index (χ0v) is 9.33. The number of rotatable bonds is 2. The lowest BCUT2D eigenvalue weighted by atomic mass is 10.0. The summed E-state index contributed by atoms with van der Waals surface area (Å²) in [6.07, 6.45) is -8.03. The van der Waals surface area contributed by atoms with Crippen LogP contribution in [0.15, 0.2) is 12.1 Å². The van der Waals surface area contributed by atoms with Gasteiger partial charge in [-0.3, -0.25) is 0 Å². The van der Waals surface area contributed by atoms with Crippen LogP contribution in [0.4, 0.5) is 26.3 Å². The first-order valence-electron chi connectivity index (χ1n) is 4.29. The standard InChI is InChI=1S/C9H7F6NO.ClH/c10-4-1-3(2-5(11)6(4)12)7(16)8(17)9(13,14)15;/h1-2,7-8,17H,16H2;1H/t7-,8-;/m0./s1. The number of hydrogen-bond acceptors (Lipinski definition) is 2. The van der Waals surface area contributed by atoms with Crippen LogP contribution in [0.1, 0.15) is 11.6 Å². The minimum absolute atomic E-state index is 0. The molecule has 1 aromatic rings. The summed E-state index contributed by atoms with van der Waals surface area (Å²) in [6.45, 7) is 0. The Morgan fingerprint density at radius 1 is 1.06 bits per heavy atom. The van der Waals surface area contributed by atoms with Crippen molar-refractivity contribution in [1.29, 1.82) is 0 Å². The molecule has 0 fully saturated rings. The van der Waals surface area contributed by atoms with Crippen LogP contribution in [0.5, 0.6) is 0 Å². The van der Waals surface area contributed by atoms with Gasteiger partial charge in [0, 0.05) is 0 Å². The van der Waals surface area contributed by atoms with Gasteiger partial charge in [-0.1, -0.05) is 0 Å². The monoisotopic (exact) mass is 295 g/mol. The molecule has 0 radical (unpaired) electrons. The molecule has 0 saturated heterocycles. The zero-order valence-electron chi connectivity index (χ0n) is 8.51. The van der Waals surface area contributed by atoms with Crippen molar-refractivity contribution >= 4 is 12.4 Å². The third-order valence-electron chi connectivity index (χ3n) is 2.07. The van der Waals surface area contributed by atoms with Gasteiger partial charge in [0.25, 0.3) is 0 Å². The van der Waals surface area contributed by atoms with E-state index < -0.39 is 41.3 Å². The van der Waals surface area contributed by atoms with E-state index in [1.165, 1.54) is 0 Å². The van der Waals surface area contributed by atoms with Crippen LogP contribution < -0.4 is 5.73 Å². The molecule has 0 aromatic heterocycles. The first-order chi connectivity index (χ1) is 7.64. The van der Waals surface area contributed by atoms with Crippen LogP contribution in [-0.2, 0) is 0 Å². The summed E-state index contributed by atoms with van der Waals surface area (Å²) >= 11 is 0. The Morgan fingerprint density at radius 2 is 1.44 bits per heavy atom. The zero-order chi connectivity index (χ0) is 13.4. The summed E-state index contributed by atoms with van der Waals surface area (Å²) in [5, 5.41) is 8.77. The summed E-state index contributed by atoms with van der Waals surface area (Å²) in [5.74, 6) is -5.17. The molecule has 0 heterocycles. The summed E-state index contributed by atoms with van der Waals surface area (Å²) in [6, 6.07) is -1.49. The Bertz CT molecular complexity index is 401. The van der Waals surface area contributed by atoms with Gasteiger partial charge >= 0.3 is 6.18 Å². The quantitative estimate of drug-likeness (QED) is 0.650. The molecule has 9 heteroatoms. The molecule has 0 aliphatic heterocycles. The fraction of sp³-hybridized carbons (Fsp3) is 0.333. The molecular formula is C9H8ClF6NO. The molecule has 1 aromatic carbocycles. The van der Waals surface area contributed by atoms with Gasteiger partial charge in [0.05, 0.1) is 6.04 Å². The number of halogens is 7. The molecule has 2 nitrogen and oxygen atoms in total. The molecule has 0 amide bonds. The maximum absolute atomic E-state index is 12.7. The molecule has 0 aliphatic rings. The van der Waals surface area contributed by atoms with E-state index in [0.717, 1.165) is 0 Å². The smallest absolute Gasteiger partial charge is 0.382 e. The van der Waals surface area contributed by atoms with Gasteiger partial charge in [-0.05, 0) is 17.7 Å². The summed E-state index contributed by atoms with van der Waals surface area (Å²) < 4.78 is 74.2. The Labute approximate surface area is 104 Å². The van der Waals surface area contributed by atoms with E-state index in [2.05, 4.69) is 0 Å². The number of hydrogen-bond donors (Lipinski definition) is 2. The normalized spacial score (nSPS) is 14.9. The number of benzene rings is 1. The highest BCUT2D eigenvalue weighted by molar-refractivity contribution is 5.85. The van der Waals surface area contributed by atoms with Crippen LogP contribution >= 0.6 is 12.4 Å². The van der Waals surface area contributed by atoms with Crippen molar-refractivity contribution in [2.75, 3.05) is 0 Å².